The number of carbonyl (C=O) groups excluding carboxylic acids is 1. The topological polar surface area (TPSA) is 58.4 Å². The minimum atomic E-state index is -4.34. The third kappa shape index (κ3) is 4.77. The van der Waals surface area contributed by atoms with E-state index in [1.165, 1.54) is 23.0 Å². The van der Waals surface area contributed by atoms with E-state index in [0.717, 1.165) is 17.7 Å². The predicted molar refractivity (Wildman–Crippen MR) is 109 cm³/mol. The second-order valence-electron chi connectivity index (χ2n) is 7.54. The van der Waals surface area contributed by atoms with Gasteiger partial charge in [-0.05, 0) is 29.8 Å². The van der Waals surface area contributed by atoms with Crippen LogP contribution in [0.5, 0.6) is 0 Å². The van der Waals surface area contributed by atoms with E-state index in [1.54, 1.807) is 29.2 Å². The van der Waals surface area contributed by atoms with Crippen LogP contribution in [-0.2, 0) is 24.1 Å². The molecule has 2 heterocycles. The summed E-state index contributed by atoms with van der Waals surface area (Å²) in [6.07, 6.45) is -3.12. The van der Waals surface area contributed by atoms with Crippen molar-refractivity contribution in [3.63, 3.8) is 0 Å². The number of hydrogen-bond donors (Lipinski definition) is 0. The molecule has 1 aromatic heterocycles. The van der Waals surface area contributed by atoms with Crippen molar-refractivity contribution in [2.75, 3.05) is 26.2 Å². The third-order valence-electron chi connectivity index (χ3n) is 5.46. The first-order valence-electron chi connectivity index (χ1n) is 9.92. The molecular weight excluding hydrogens is 409 g/mol. The molecule has 0 N–H and O–H groups in total. The van der Waals surface area contributed by atoms with Gasteiger partial charge in [0.1, 0.15) is 6.54 Å². The lowest BCUT2D eigenvalue weighted by molar-refractivity contribution is -0.137. The molecule has 9 heteroatoms. The Bertz CT molecular complexity index is 1130. The molecule has 1 saturated heterocycles. The molecule has 1 amide bonds. The van der Waals surface area contributed by atoms with Gasteiger partial charge in [-0.15, -0.1) is 0 Å². The summed E-state index contributed by atoms with van der Waals surface area (Å²) in [6, 6.07) is 12.2. The molecule has 6 nitrogen and oxygen atoms in total. The number of para-hydroxylation sites is 1. The first-order valence-corrected chi connectivity index (χ1v) is 9.92. The van der Waals surface area contributed by atoms with Crippen molar-refractivity contribution in [2.45, 2.75) is 19.3 Å². The summed E-state index contributed by atoms with van der Waals surface area (Å²) >= 11 is 0. The number of halogens is 3. The number of alkyl halides is 3. The maximum atomic E-state index is 12.8. The number of hydrogen-bond acceptors (Lipinski definition) is 4. The average Bonchev–Trinajstić information content (AvgIpc) is 2.76. The zero-order valence-electron chi connectivity index (χ0n) is 16.7. The number of benzene rings is 2. The quantitative estimate of drug-likeness (QED) is 0.639. The Balaban J connectivity index is 1.34. The van der Waals surface area contributed by atoms with Gasteiger partial charge in [0, 0.05) is 38.1 Å². The highest BCUT2D eigenvalue weighted by molar-refractivity contribution is 5.81. The highest BCUT2D eigenvalue weighted by Crippen LogP contribution is 2.29. The average molecular weight is 430 g/mol. The van der Waals surface area contributed by atoms with Crippen molar-refractivity contribution >= 4 is 16.8 Å². The van der Waals surface area contributed by atoms with Crippen molar-refractivity contribution < 1.29 is 18.0 Å². The van der Waals surface area contributed by atoms with E-state index in [0.29, 0.717) is 43.6 Å². The number of piperazine rings is 1. The molecule has 0 radical (unpaired) electrons. The Morgan fingerprint density at radius 1 is 0.968 bits per heavy atom. The minimum absolute atomic E-state index is 0.0414. The van der Waals surface area contributed by atoms with Gasteiger partial charge in [-0.2, -0.15) is 18.3 Å². The molecule has 1 fully saturated rings. The molecule has 0 aliphatic carbocycles. The number of aromatic nitrogens is 2. The lowest BCUT2D eigenvalue weighted by Gasteiger charge is -2.35. The zero-order valence-corrected chi connectivity index (χ0v) is 16.7. The second-order valence-corrected chi connectivity index (χ2v) is 7.54. The van der Waals surface area contributed by atoms with Crippen LogP contribution < -0.4 is 5.43 Å². The summed E-state index contributed by atoms with van der Waals surface area (Å²) in [6.45, 7) is 2.89. The molecule has 0 bridgehead atoms. The van der Waals surface area contributed by atoms with Crippen molar-refractivity contribution in [2.24, 2.45) is 0 Å². The minimum Gasteiger partial charge on any atom is -0.339 e. The monoisotopic (exact) mass is 430 g/mol. The van der Waals surface area contributed by atoms with Gasteiger partial charge < -0.3 is 4.90 Å². The zero-order chi connectivity index (χ0) is 22.0. The van der Waals surface area contributed by atoms with Gasteiger partial charge in [-0.3, -0.25) is 19.2 Å². The molecule has 162 valence electrons. The number of carbonyl (C=O) groups is 1. The summed E-state index contributed by atoms with van der Waals surface area (Å²) in [5.74, 6) is -0.0875. The van der Waals surface area contributed by atoms with E-state index in [-0.39, 0.29) is 17.9 Å². The molecular formula is C22H21F3N4O2. The van der Waals surface area contributed by atoms with Crippen LogP contribution in [-0.4, -0.2) is 51.7 Å². The van der Waals surface area contributed by atoms with Crippen LogP contribution in [0.3, 0.4) is 0 Å². The summed E-state index contributed by atoms with van der Waals surface area (Å²) < 4.78 is 39.6. The summed E-state index contributed by atoms with van der Waals surface area (Å²) in [5, 5.41) is 4.62. The van der Waals surface area contributed by atoms with Crippen molar-refractivity contribution in [3.8, 4) is 0 Å². The fourth-order valence-corrected chi connectivity index (χ4v) is 3.73. The molecule has 0 spiro atoms. The highest BCUT2D eigenvalue weighted by atomic mass is 19.4. The van der Waals surface area contributed by atoms with E-state index in [4.69, 9.17) is 0 Å². The molecule has 0 atom stereocenters. The molecule has 0 saturated carbocycles. The molecule has 3 aromatic rings. The lowest BCUT2D eigenvalue weighted by atomic mass is 10.1. The maximum absolute atomic E-state index is 12.8. The Hall–Kier alpha value is -3.20. The van der Waals surface area contributed by atoms with E-state index in [2.05, 4.69) is 10.00 Å². The van der Waals surface area contributed by atoms with Crippen LogP contribution >= 0.6 is 0 Å². The lowest BCUT2D eigenvalue weighted by Crippen LogP contribution is -2.49. The van der Waals surface area contributed by atoms with Crippen molar-refractivity contribution in [3.05, 3.63) is 76.1 Å². The third-order valence-corrected chi connectivity index (χ3v) is 5.46. The normalized spacial score (nSPS) is 15.4. The maximum Gasteiger partial charge on any atom is 0.416 e. The summed E-state index contributed by atoms with van der Waals surface area (Å²) in [7, 11) is 0. The van der Waals surface area contributed by atoms with Gasteiger partial charge in [0.2, 0.25) is 11.3 Å². The van der Waals surface area contributed by atoms with Gasteiger partial charge >= 0.3 is 6.18 Å². The largest absolute Gasteiger partial charge is 0.416 e. The number of nitrogens with zero attached hydrogens (tertiary/aromatic N) is 4. The van der Waals surface area contributed by atoms with E-state index < -0.39 is 11.7 Å². The Morgan fingerprint density at radius 2 is 1.65 bits per heavy atom. The van der Waals surface area contributed by atoms with Gasteiger partial charge in [-0.25, -0.2) is 0 Å². The summed E-state index contributed by atoms with van der Waals surface area (Å²) in [4.78, 5) is 28.6. The van der Waals surface area contributed by atoms with Crippen molar-refractivity contribution in [1.29, 1.82) is 0 Å². The predicted octanol–water partition coefficient (Wildman–Crippen LogP) is 2.76. The van der Waals surface area contributed by atoms with Crippen LogP contribution in [0, 0.1) is 0 Å². The van der Waals surface area contributed by atoms with Crippen LogP contribution in [0.4, 0.5) is 13.2 Å². The Morgan fingerprint density at radius 3 is 2.32 bits per heavy atom. The molecule has 2 aromatic carbocycles. The Labute approximate surface area is 176 Å². The van der Waals surface area contributed by atoms with E-state index >= 15 is 0 Å². The van der Waals surface area contributed by atoms with E-state index in [1.807, 2.05) is 0 Å². The highest BCUT2D eigenvalue weighted by Gasteiger charge is 2.30. The molecule has 1 aliphatic heterocycles. The number of amides is 1. The number of fused-ring (bicyclic) bond motifs is 1. The number of rotatable bonds is 4. The van der Waals surface area contributed by atoms with Crippen LogP contribution in [0.1, 0.15) is 11.1 Å². The first kappa shape index (κ1) is 21.0. The molecule has 1 aliphatic rings. The first-order chi connectivity index (χ1) is 14.8. The van der Waals surface area contributed by atoms with Crippen molar-refractivity contribution in [1.82, 2.24) is 19.6 Å². The van der Waals surface area contributed by atoms with Crippen LogP contribution in [0.15, 0.2) is 59.5 Å². The van der Waals surface area contributed by atoms with Gasteiger partial charge in [-0.1, -0.05) is 24.3 Å². The van der Waals surface area contributed by atoms with Gasteiger partial charge in [0.15, 0.2) is 0 Å². The molecule has 31 heavy (non-hydrogen) atoms. The standard InChI is InChI=1S/C22H21F3N4O2/c23-22(24,25)17-7-5-16(6-8-17)14-27-9-11-28(12-10-27)21(31)15-29-19-4-2-1-3-18(19)20(30)13-26-29/h1-8,13H,9-12,14-15H2. The molecule has 4 rings (SSSR count). The Kier molecular flexibility index (Phi) is 5.77. The molecule has 0 unspecified atom stereocenters. The van der Waals surface area contributed by atoms with Gasteiger partial charge in [0.25, 0.3) is 0 Å². The SMILES string of the molecule is O=C(Cn1ncc(=O)c2ccccc21)N1CCN(Cc2ccc(C(F)(F)F)cc2)CC1. The fraction of sp³-hybridized carbons (Fsp3) is 0.318. The smallest absolute Gasteiger partial charge is 0.339 e. The van der Waals surface area contributed by atoms with Crippen LogP contribution in [0.25, 0.3) is 10.9 Å². The fourth-order valence-electron chi connectivity index (χ4n) is 3.73. The van der Waals surface area contributed by atoms with E-state index in [9.17, 15) is 22.8 Å². The second kappa shape index (κ2) is 8.50. The van der Waals surface area contributed by atoms with Gasteiger partial charge in [0.05, 0.1) is 17.3 Å². The summed E-state index contributed by atoms with van der Waals surface area (Å²) in [5.41, 5.74) is 0.576. The van der Waals surface area contributed by atoms with Crippen LogP contribution in [0.2, 0.25) is 0 Å².